The number of carbonyl (C=O) groups is 1. The second-order valence-corrected chi connectivity index (χ2v) is 6.45. The maximum atomic E-state index is 12.0. The Balaban J connectivity index is 2.83. The highest BCUT2D eigenvalue weighted by Gasteiger charge is 2.31. The molecule has 0 aliphatic heterocycles. The largest absolute Gasteiger partial charge is 0.480 e. The SMILES string of the molecule is N#CCCCS(=O)(=O)C(Cc1ccccc1)C(=O)O. The van der Waals surface area contributed by atoms with Gasteiger partial charge in [-0.3, -0.25) is 4.79 Å². The third-order valence-corrected chi connectivity index (χ3v) is 4.78. The van der Waals surface area contributed by atoms with Gasteiger partial charge in [0.15, 0.2) is 15.1 Å². The zero-order valence-electron chi connectivity index (χ0n) is 10.3. The predicted octanol–water partition coefficient (Wildman–Crippen LogP) is 1.40. The van der Waals surface area contributed by atoms with Crippen molar-refractivity contribution >= 4 is 15.8 Å². The number of carboxylic acid groups (broad SMARTS) is 1. The molecule has 0 saturated heterocycles. The molecule has 0 heterocycles. The number of rotatable bonds is 7. The van der Waals surface area contributed by atoms with E-state index < -0.39 is 21.1 Å². The van der Waals surface area contributed by atoms with E-state index in [0.717, 1.165) is 0 Å². The van der Waals surface area contributed by atoms with Crippen LogP contribution in [-0.4, -0.2) is 30.5 Å². The Labute approximate surface area is 112 Å². The van der Waals surface area contributed by atoms with Crippen molar-refractivity contribution in [3.8, 4) is 6.07 Å². The quantitative estimate of drug-likeness (QED) is 0.762. The smallest absolute Gasteiger partial charge is 0.322 e. The third kappa shape index (κ3) is 4.72. The van der Waals surface area contributed by atoms with Gasteiger partial charge < -0.3 is 5.11 Å². The lowest BCUT2D eigenvalue weighted by Gasteiger charge is -2.13. The van der Waals surface area contributed by atoms with Crippen LogP contribution in [0.4, 0.5) is 0 Å². The summed E-state index contributed by atoms with van der Waals surface area (Å²) in [5.74, 6) is -1.62. The highest BCUT2D eigenvalue weighted by molar-refractivity contribution is 7.92. The maximum absolute atomic E-state index is 12.0. The molecule has 102 valence electrons. The molecule has 0 fully saturated rings. The molecule has 0 bridgehead atoms. The minimum Gasteiger partial charge on any atom is -0.480 e. The van der Waals surface area contributed by atoms with Crippen molar-refractivity contribution < 1.29 is 18.3 Å². The molecule has 6 heteroatoms. The number of hydrogen-bond acceptors (Lipinski definition) is 4. The van der Waals surface area contributed by atoms with Crippen LogP contribution in [0.15, 0.2) is 30.3 Å². The summed E-state index contributed by atoms with van der Waals surface area (Å²) in [6.07, 6.45) is 0.222. The molecule has 0 aromatic heterocycles. The molecular formula is C13H15NO4S. The van der Waals surface area contributed by atoms with Crippen LogP contribution in [0.25, 0.3) is 0 Å². The molecule has 1 rings (SSSR count). The van der Waals surface area contributed by atoms with E-state index in [0.29, 0.717) is 5.56 Å². The Morgan fingerprint density at radius 3 is 2.47 bits per heavy atom. The summed E-state index contributed by atoms with van der Waals surface area (Å²) in [7, 11) is -3.74. The summed E-state index contributed by atoms with van der Waals surface area (Å²) in [6.45, 7) is 0. The topological polar surface area (TPSA) is 95.2 Å². The van der Waals surface area contributed by atoms with Crippen molar-refractivity contribution in [3.05, 3.63) is 35.9 Å². The number of unbranched alkanes of at least 4 members (excludes halogenated alkanes) is 1. The number of sulfone groups is 1. The Hall–Kier alpha value is -1.87. The first kappa shape index (κ1) is 15.2. The van der Waals surface area contributed by atoms with E-state index in [1.165, 1.54) is 0 Å². The molecule has 0 saturated carbocycles. The van der Waals surface area contributed by atoms with Crippen LogP contribution < -0.4 is 0 Å². The van der Waals surface area contributed by atoms with E-state index in [2.05, 4.69) is 0 Å². The predicted molar refractivity (Wildman–Crippen MR) is 70.2 cm³/mol. The molecule has 0 amide bonds. The first-order valence-corrected chi connectivity index (χ1v) is 7.54. The molecule has 1 aromatic rings. The second-order valence-electron chi connectivity index (χ2n) is 4.15. The first-order chi connectivity index (χ1) is 8.97. The number of nitriles is 1. The fraction of sp³-hybridized carbons (Fsp3) is 0.385. The van der Waals surface area contributed by atoms with Gasteiger partial charge in [-0.15, -0.1) is 0 Å². The molecule has 0 aliphatic carbocycles. The molecule has 0 radical (unpaired) electrons. The summed E-state index contributed by atoms with van der Waals surface area (Å²) in [5, 5.41) is 16.0. The van der Waals surface area contributed by atoms with Crippen LogP contribution in [0.5, 0.6) is 0 Å². The average Bonchev–Trinajstić information content (AvgIpc) is 2.37. The third-order valence-electron chi connectivity index (χ3n) is 2.69. The monoisotopic (exact) mass is 281 g/mol. The van der Waals surface area contributed by atoms with Crippen molar-refractivity contribution in [2.75, 3.05) is 5.75 Å². The summed E-state index contributed by atoms with van der Waals surface area (Å²) >= 11 is 0. The number of nitrogens with zero attached hydrogens (tertiary/aromatic N) is 1. The lowest BCUT2D eigenvalue weighted by atomic mass is 10.1. The van der Waals surface area contributed by atoms with Crippen molar-refractivity contribution in [1.29, 1.82) is 5.26 Å². The minimum atomic E-state index is -3.74. The molecule has 19 heavy (non-hydrogen) atoms. The zero-order valence-corrected chi connectivity index (χ0v) is 11.1. The average molecular weight is 281 g/mol. The molecule has 1 atom stereocenters. The number of aliphatic carboxylic acids is 1. The van der Waals surface area contributed by atoms with Crippen molar-refractivity contribution in [3.63, 3.8) is 0 Å². The highest BCUT2D eigenvalue weighted by atomic mass is 32.2. The van der Waals surface area contributed by atoms with E-state index in [9.17, 15) is 13.2 Å². The van der Waals surface area contributed by atoms with E-state index in [1.54, 1.807) is 30.3 Å². The summed E-state index contributed by atoms with van der Waals surface area (Å²) in [4.78, 5) is 11.1. The fourth-order valence-electron chi connectivity index (χ4n) is 1.69. The normalized spacial score (nSPS) is 12.6. The maximum Gasteiger partial charge on any atom is 0.322 e. The highest BCUT2D eigenvalue weighted by Crippen LogP contribution is 2.13. The van der Waals surface area contributed by atoms with E-state index in [1.807, 2.05) is 6.07 Å². The van der Waals surface area contributed by atoms with Gasteiger partial charge >= 0.3 is 5.97 Å². The van der Waals surface area contributed by atoms with Crippen LogP contribution in [-0.2, 0) is 21.1 Å². The van der Waals surface area contributed by atoms with Crippen LogP contribution >= 0.6 is 0 Å². The fourth-order valence-corrected chi connectivity index (χ4v) is 3.28. The van der Waals surface area contributed by atoms with Crippen LogP contribution in [0.3, 0.4) is 0 Å². The van der Waals surface area contributed by atoms with Gasteiger partial charge in [0.2, 0.25) is 0 Å². The van der Waals surface area contributed by atoms with Gasteiger partial charge in [-0.1, -0.05) is 30.3 Å². The summed E-state index contributed by atoms with van der Waals surface area (Å²) in [5.41, 5.74) is 0.666. The molecule has 1 N–H and O–H groups in total. The van der Waals surface area contributed by atoms with Crippen molar-refractivity contribution in [1.82, 2.24) is 0 Å². The Morgan fingerprint density at radius 1 is 1.32 bits per heavy atom. The van der Waals surface area contributed by atoms with Gasteiger partial charge in [0.1, 0.15) is 0 Å². The van der Waals surface area contributed by atoms with Gasteiger partial charge in [-0.05, 0) is 18.4 Å². The molecule has 0 aliphatic rings. The minimum absolute atomic E-state index is 0.0505. The summed E-state index contributed by atoms with van der Waals surface area (Å²) in [6, 6.07) is 10.5. The van der Waals surface area contributed by atoms with Crippen molar-refractivity contribution in [2.45, 2.75) is 24.5 Å². The second kappa shape index (κ2) is 6.90. The van der Waals surface area contributed by atoms with Crippen molar-refractivity contribution in [2.24, 2.45) is 0 Å². The molecule has 0 spiro atoms. The van der Waals surface area contributed by atoms with Gasteiger partial charge in [0.05, 0.1) is 11.8 Å². The van der Waals surface area contributed by atoms with Gasteiger partial charge in [0, 0.05) is 6.42 Å². The number of hydrogen-bond donors (Lipinski definition) is 1. The lowest BCUT2D eigenvalue weighted by Crippen LogP contribution is -2.34. The Morgan fingerprint density at radius 2 is 1.95 bits per heavy atom. The molecule has 1 aromatic carbocycles. The molecule has 1 unspecified atom stereocenters. The van der Waals surface area contributed by atoms with E-state index in [-0.39, 0.29) is 25.0 Å². The van der Waals surface area contributed by atoms with Gasteiger partial charge in [-0.2, -0.15) is 5.26 Å². The van der Waals surface area contributed by atoms with Gasteiger partial charge in [0.25, 0.3) is 0 Å². The number of benzene rings is 1. The molecular weight excluding hydrogens is 266 g/mol. The number of carboxylic acids is 1. The Bertz CT molecular complexity index is 560. The molecule has 5 nitrogen and oxygen atoms in total. The van der Waals surface area contributed by atoms with Crippen LogP contribution in [0, 0.1) is 11.3 Å². The lowest BCUT2D eigenvalue weighted by molar-refractivity contribution is -0.136. The standard InChI is InChI=1S/C13H15NO4S/c14-8-4-5-9-19(17,18)12(13(15)16)10-11-6-2-1-3-7-11/h1-3,6-7,12H,4-5,9-10H2,(H,15,16). The van der Waals surface area contributed by atoms with Crippen LogP contribution in [0.2, 0.25) is 0 Å². The Kier molecular flexibility index (Phi) is 5.52. The van der Waals surface area contributed by atoms with Gasteiger partial charge in [-0.25, -0.2) is 8.42 Å². The van der Waals surface area contributed by atoms with E-state index in [4.69, 9.17) is 10.4 Å². The first-order valence-electron chi connectivity index (χ1n) is 5.82. The van der Waals surface area contributed by atoms with Crippen LogP contribution in [0.1, 0.15) is 18.4 Å². The summed E-state index contributed by atoms with van der Waals surface area (Å²) < 4.78 is 23.9. The zero-order chi connectivity index (χ0) is 14.3. The van der Waals surface area contributed by atoms with E-state index >= 15 is 0 Å².